The summed E-state index contributed by atoms with van der Waals surface area (Å²) in [5, 5.41) is 12.8. The van der Waals surface area contributed by atoms with Crippen molar-refractivity contribution < 1.29 is 5.11 Å². The molecule has 2 aliphatic carbocycles. The highest BCUT2D eigenvalue weighted by Crippen LogP contribution is 2.46. The minimum Gasteiger partial charge on any atom is -0.393 e. The molecule has 4 nitrogen and oxygen atoms in total. The number of aliphatic imine (C=N–C) groups is 1. The number of aliphatic hydroxyl groups excluding tert-OH is 1. The third-order valence-electron chi connectivity index (χ3n) is 4.79. The first kappa shape index (κ1) is 16.1. The minimum absolute atomic E-state index is 0.0339. The average Bonchev–Trinajstić information content (AvgIpc) is 2.95. The average molecular weight is 291 g/mol. The predicted molar refractivity (Wildman–Crippen MR) is 88.3 cm³/mol. The molecule has 0 bridgehead atoms. The highest BCUT2D eigenvalue weighted by atomic mass is 16.3. The lowest BCUT2D eigenvalue weighted by molar-refractivity contribution is 0.169. The fraction of sp³-hybridized carbons (Fsp3) is 0.706. The van der Waals surface area contributed by atoms with Crippen LogP contribution in [0.5, 0.6) is 0 Å². The van der Waals surface area contributed by atoms with Crippen LogP contribution in [0.2, 0.25) is 0 Å². The Hall–Kier alpha value is -1.29. The minimum atomic E-state index is -0.0339. The number of fused-ring (bicyclic) bond motifs is 1. The van der Waals surface area contributed by atoms with Gasteiger partial charge in [-0.2, -0.15) is 0 Å². The van der Waals surface area contributed by atoms with Gasteiger partial charge in [-0.1, -0.05) is 13.2 Å². The van der Waals surface area contributed by atoms with Crippen LogP contribution < -0.4 is 5.32 Å². The second-order valence-corrected chi connectivity index (χ2v) is 6.60. The van der Waals surface area contributed by atoms with Crippen LogP contribution in [-0.4, -0.2) is 49.1 Å². The molecule has 0 heterocycles. The molecule has 118 valence electrons. The van der Waals surface area contributed by atoms with Crippen LogP contribution in [0.15, 0.2) is 29.9 Å². The Morgan fingerprint density at radius 1 is 1.33 bits per heavy atom. The van der Waals surface area contributed by atoms with E-state index in [4.69, 9.17) is 0 Å². The van der Waals surface area contributed by atoms with Gasteiger partial charge in [-0.3, -0.25) is 4.99 Å². The van der Waals surface area contributed by atoms with Crippen LogP contribution in [0.1, 0.15) is 25.7 Å². The second kappa shape index (κ2) is 7.64. The molecule has 4 heteroatoms. The third-order valence-corrected chi connectivity index (χ3v) is 4.79. The van der Waals surface area contributed by atoms with Crippen LogP contribution in [0.25, 0.3) is 0 Å². The van der Waals surface area contributed by atoms with Gasteiger partial charge in [0.2, 0.25) is 0 Å². The zero-order valence-corrected chi connectivity index (χ0v) is 13.2. The van der Waals surface area contributed by atoms with Gasteiger partial charge in [0.15, 0.2) is 0 Å². The summed E-state index contributed by atoms with van der Waals surface area (Å²) in [7, 11) is 2.04. The van der Waals surface area contributed by atoms with Crippen molar-refractivity contribution in [2.75, 3.05) is 26.7 Å². The van der Waals surface area contributed by atoms with E-state index in [1.807, 2.05) is 13.4 Å². The standard InChI is InChI=1S/C17H29N3O/c1-4-13(2)19-5-6-20(3)12-18-11-14-7-15-9-17(21)10-16(15)8-14/h4,12,14-17,19,21H,1-2,5-11H2,3H3. The Balaban J connectivity index is 1.60. The van der Waals surface area contributed by atoms with E-state index in [9.17, 15) is 5.11 Å². The van der Waals surface area contributed by atoms with Crippen molar-refractivity contribution in [1.82, 2.24) is 10.2 Å². The van der Waals surface area contributed by atoms with E-state index in [1.54, 1.807) is 6.08 Å². The van der Waals surface area contributed by atoms with Gasteiger partial charge in [0.25, 0.3) is 0 Å². The number of allylic oxidation sites excluding steroid dienone is 1. The number of aliphatic hydroxyl groups is 1. The number of rotatable bonds is 8. The van der Waals surface area contributed by atoms with E-state index in [2.05, 4.69) is 28.4 Å². The van der Waals surface area contributed by atoms with Crippen molar-refractivity contribution in [1.29, 1.82) is 0 Å². The number of nitrogens with zero attached hydrogens (tertiary/aromatic N) is 2. The first-order valence-electron chi connectivity index (χ1n) is 8.02. The lowest BCUT2D eigenvalue weighted by Gasteiger charge is -2.15. The Morgan fingerprint density at radius 2 is 2.00 bits per heavy atom. The molecule has 0 radical (unpaired) electrons. The van der Waals surface area contributed by atoms with Gasteiger partial charge in [-0.15, -0.1) is 0 Å². The van der Waals surface area contributed by atoms with Gasteiger partial charge >= 0.3 is 0 Å². The Morgan fingerprint density at radius 3 is 2.62 bits per heavy atom. The molecule has 2 atom stereocenters. The topological polar surface area (TPSA) is 47.9 Å². The molecule has 2 fully saturated rings. The summed E-state index contributed by atoms with van der Waals surface area (Å²) >= 11 is 0. The van der Waals surface area contributed by atoms with Crippen LogP contribution >= 0.6 is 0 Å². The zero-order chi connectivity index (χ0) is 15.2. The van der Waals surface area contributed by atoms with Crippen molar-refractivity contribution in [3.8, 4) is 0 Å². The Kier molecular flexibility index (Phi) is 5.85. The van der Waals surface area contributed by atoms with E-state index < -0.39 is 0 Å². The smallest absolute Gasteiger partial charge is 0.0847 e. The maximum Gasteiger partial charge on any atom is 0.0847 e. The largest absolute Gasteiger partial charge is 0.393 e. The first-order valence-corrected chi connectivity index (χ1v) is 8.02. The Bertz CT molecular complexity index is 379. The van der Waals surface area contributed by atoms with Crippen LogP contribution in [0.3, 0.4) is 0 Å². The summed E-state index contributed by atoms with van der Waals surface area (Å²) < 4.78 is 0. The molecular formula is C17H29N3O. The molecule has 21 heavy (non-hydrogen) atoms. The zero-order valence-electron chi connectivity index (χ0n) is 13.2. The molecule has 0 aliphatic heterocycles. The fourth-order valence-electron chi connectivity index (χ4n) is 3.72. The van der Waals surface area contributed by atoms with Crippen LogP contribution in [0, 0.1) is 17.8 Å². The van der Waals surface area contributed by atoms with Crippen molar-refractivity contribution in [3.63, 3.8) is 0 Å². The number of likely N-dealkylation sites (N-methyl/N-ethyl adjacent to an activating group) is 1. The number of hydrogen-bond donors (Lipinski definition) is 2. The maximum atomic E-state index is 9.65. The lowest BCUT2D eigenvalue weighted by atomic mass is 10.0. The molecule has 0 spiro atoms. The highest BCUT2D eigenvalue weighted by molar-refractivity contribution is 5.54. The van der Waals surface area contributed by atoms with Crippen molar-refractivity contribution in [3.05, 3.63) is 24.9 Å². The molecule has 2 aliphatic rings. The van der Waals surface area contributed by atoms with Gasteiger partial charge in [-0.25, -0.2) is 0 Å². The molecule has 2 N–H and O–H groups in total. The van der Waals surface area contributed by atoms with E-state index in [0.717, 1.165) is 55.9 Å². The van der Waals surface area contributed by atoms with E-state index in [1.165, 1.54) is 12.8 Å². The maximum absolute atomic E-state index is 9.65. The van der Waals surface area contributed by atoms with Crippen LogP contribution in [-0.2, 0) is 0 Å². The molecule has 0 saturated heterocycles. The summed E-state index contributed by atoms with van der Waals surface area (Å²) in [6, 6.07) is 0. The second-order valence-electron chi connectivity index (χ2n) is 6.60. The van der Waals surface area contributed by atoms with Gasteiger partial charge < -0.3 is 15.3 Å². The van der Waals surface area contributed by atoms with E-state index in [0.29, 0.717) is 0 Å². The van der Waals surface area contributed by atoms with Gasteiger partial charge in [0, 0.05) is 32.4 Å². The van der Waals surface area contributed by atoms with Crippen molar-refractivity contribution in [2.45, 2.75) is 31.8 Å². The summed E-state index contributed by atoms with van der Waals surface area (Å²) in [5.74, 6) is 2.23. The van der Waals surface area contributed by atoms with Gasteiger partial charge in [0.1, 0.15) is 0 Å². The molecule has 2 unspecified atom stereocenters. The molecule has 2 saturated carbocycles. The van der Waals surface area contributed by atoms with Crippen LogP contribution in [0.4, 0.5) is 0 Å². The monoisotopic (exact) mass is 291 g/mol. The molecule has 0 amide bonds. The summed E-state index contributed by atoms with van der Waals surface area (Å²) in [4.78, 5) is 6.69. The SMILES string of the molecule is C=CC(=C)NCCN(C)C=NCC1CC2CC(O)CC2C1. The van der Waals surface area contributed by atoms with E-state index >= 15 is 0 Å². The molecule has 0 aromatic carbocycles. The lowest BCUT2D eigenvalue weighted by Crippen LogP contribution is -2.27. The third kappa shape index (κ3) is 4.88. The number of nitrogens with one attached hydrogen (secondary N) is 1. The normalized spacial score (nSPS) is 31.3. The van der Waals surface area contributed by atoms with Crippen molar-refractivity contribution in [2.24, 2.45) is 22.7 Å². The van der Waals surface area contributed by atoms with Gasteiger partial charge in [0.05, 0.1) is 12.4 Å². The molecular weight excluding hydrogens is 262 g/mol. The highest BCUT2D eigenvalue weighted by Gasteiger charge is 2.40. The predicted octanol–water partition coefficient (Wildman–Crippen LogP) is 2.03. The molecule has 0 aromatic rings. The van der Waals surface area contributed by atoms with E-state index in [-0.39, 0.29) is 6.10 Å². The Labute approximate surface area is 128 Å². The fourth-order valence-corrected chi connectivity index (χ4v) is 3.72. The van der Waals surface area contributed by atoms with Crippen molar-refractivity contribution >= 4 is 6.34 Å². The summed E-state index contributed by atoms with van der Waals surface area (Å²) in [6.45, 7) is 10.2. The molecule has 2 rings (SSSR count). The summed E-state index contributed by atoms with van der Waals surface area (Å²) in [6.07, 6.45) is 8.18. The summed E-state index contributed by atoms with van der Waals surface area (Å²) in [5.41, 5.74) is 0.861. The van der Waals surface area contributed by atoms with Gasteiger partial charge in [-0.05, 0) is 49.5 Å². The first-order chi connectivity index (χ1) is 10.1. The quantitative estimate of drug-likeness (QED) is 0.409. The number of hydrogen-bond acceptors (Lipinski definition) is 3. The molecule has 0 aromatic heterocycles.